The average Bonchev–Trinajstić information content (AvgIpc) is 1.61. The predicted molar refractivity (Wildman–Crippen MR) is 32.7 cm³/mol. The van der Waals surface area contributed by atoms with Crippen molar-refractivity contribution in [3.8, 4) is 0 Å². The van der Waals surface area contributed by atoms with Crippen molar-refractivity contribution >= 4 is 41.8 Å². The van der Waals surface area contributed by atoms with Gasteiger partial charge in [-0.1, -0.05) is 0 Å². The zero-order valence-corrected chi connectivity index (χ0v) is 8.89. The summed E-state index contributed by atoms with van der Waals surface area (Å²) in [5.41, 5.74) is 0. The molecule has 2 heteroatoms. The van der Waals surface area contributed by atoms with Crippen LogP contribution in [0.2, 0.25) is 12.0 Å². The van der Waals surface area contributed by atoms with Crippen molar-refractivity contribution < 1.29 is 0 Å². The second-order valence-corrected chi connectivity index (χ2v) is 10.5. The first-order chi connectivity index (χ1) is 2.91. The van der Waals surface area contributed by atoms with Crippen LogP contribution in [0.4, 0.5) is 0 Å². The molecule has 0 amide bonds. The van der Waals surface area contributed by atoms with Crippen molar-refractivity contribution in [2.45, 2.75) is 18.9 Å². The normalized spacial score (nSPS) is 9.00. The second-order valence-electron chi connectivity index (χ2n) is 0.899. The Bertz CT molecular complexity index is 17.5. The summed E-state index contributed by atoms with van der Waals surface area (Å²) in [6.45, 7) is 2.31. The Labute approximate surface area is 60.2 Å². The van der Waals surface area contributed by atoms with Crippen molar-refractivity contribution in [1.82, 2.24) is 0 Å². The van der Waals surface area contributed by atoms with E-state index in [9.17, 15) is 0 Å². The van der Waals surface area contributed by atoms with Crippen LogP contribution in [0.3, 0.4) is 0 Å². The third-order valence-electron chi connectivity index (χ3n) is 0.405. The van der Waals surface area contributed by atoms with E-state index in [0.29, 0.717) is 41.8 Å². The zero-order chi connectivity index (χ0) is 4.83. The van der Waals surface area contributed by atoms with Gasteiger partial charge in [0, 0.05) is 0 Å². The predicted octanol–water partition coefficient (Wildman–Crippen LogP) is 1.26. The van der Waals surface area contributed by atoms with Crippen LogP contribution < -0.4 is 0 Å². The Morgan fingerprint density at radius 2 is 2.17 bits per heavy atom. The van der Waals surface area contributed by atoms with Crippen LogP contribution in [0.1, 0.15) is 6.92 Å². The van der Waals surface area contributed by atoms with Gasteiger partial charge in [-0.2, -0.15) is 0 Å². The molecule has 0 rings (SSSR count). The van der Waals surface area contributed by atoms with E-state index in [1.807, 2.05) is 0 Å². The van der Waals surface area contributed by atoms with E-state index in [-0.39, 0.29) is 0 Å². The molecule has 0 unspecified atom stereocenters. The second kappa shape index (κ2) is 6.58. The molecule has 0 aliphatic carbocycles. The van der Waals surface area contributed by atoms with Crippen LogP contribution in [0.5, 0.6) is 0 Å². The van der Waals surface area contributed by atoms with E-state index >= 15 is 0 Å². The first-order valence-corrected chi connectivity index (χ1v) is 9.26. The summed E-state index contributed by atoms with van der Waals surface area (Å²) in [4.78, 5) is 2.39. The maximum absolute atomic E-state index is 2.39. The number of hydrogen-bond donors (Lipinski definition) is 0. The van der Waals surface area contributed by atoms with Crippen molar-refractivity contribution in [1.29, 1.82) is 0 Å². The maximum atomic E-state index is 2.39. The van der Waals surface area contributed by atoms with Gasteiger partial charge in [0.25, 0.3) is 0 Å². The number of hydrogen-bond acceptors (Lipinski definition) is 0. The van der Waals surface area contributed by atoms with Crippen molar-refractivity contribution in [3.63, 3.8) is 0 Å². The molecule has 0 fully saturated rings. The standard InChI is InChI=1S/C4H10Te2/c1-3-6-4-5-2/h3-4H2,1-2H3. The fraction of sp³-hybridized carbons (Fsp3) is 1.00. The molecule has 0 nitrogen and oxygen atoms in total. The zero-order valence-electron chi connectivity index (χ0n) is 4.23. The molecular formula is C4H10Te2. The molecule has 0 saturated carbocycles. The van der Waals surface area contributed by atoms with E-state index in [1.165, 1.54) is 4.47 Å². The van der Waals surface area contributed by atoms with E-state index < -0.39 is 0 Å². The minimum absolute atomic E-state index is 0.522. The topological polar surface area (TPSA) is 0 Å². The molecule has 0 N–H and O–H groups in total. The van der Waals surface area contributed by atoms with E-state index in [4.69, 9.17) is 0 Å². The van der Waals surface area contributed by atoms with Gasteiger partial charge in [0.05, 0.1) is 0 Å². The molecule has 0 aromatic carbocycles. The van der Waals surface area contributed by atoms with Gasteiger partial charge in [0.1, 0.15) is 0 Å². The SMILES string of the molecule is CC[Te]C[Te]C. The Hall–Kier alpha value is 1.58. The van der Waals surface area contributed by atoms with Crippen LogP contribution in [0.15, 0.2) is 0 Å². The molecule has 0 atom stereocenters. The summed E-state index contributed by atoms with van der Waals surface area (Å²) in [5.74, 6) is 0. The summed E-state index contributed by atoms with van der Waals surface area (Å²) >= 11 is 1.06. The first kappa shape index (κ1) is 7.58. The third kappa shape index (κ3) is 5.58. The molecule has 0 bridgehead atoms. The molecule has 0 aliphatic rings. The quantitative estimate of drug-likeness (QED) is 0.544. The summed E-state index contributed by atoms with van der Waals surface area (Å²) in [5, 5.41) is 0. The molecular weight excluding hydrogens is 303 g/mol. The first-order valence-electron chi connectivity index (χ1n) is 1.98. The molecule has 0 radical (unpaired) electrons. The molecule has 6 heavy (non-hydrogen) atoms. The molecule has 0 spiro atoms. The van der Waals surface area contributed by atoms with Crippen molar-refractivity contribution in [2.24, 2.45) is 0 Å². The van der Waals surface area contributed by atoms with Crippen LogP contribution in [-0.2, 0) is 0 Å². The fourth-order valence-corrected chi connectivity index (χ4v) is 7.50. The van der Waals surface area contributed by atoms with Gasteiger partial charge in [-0.05, 0) is 0 Å². The summed E-state index contributed by atoms with van der Waals surface area (Å²) in [6.07, 6.45) is 0. The van der Waals surface area contributed by atoms with Crippen LogP contribution in [-0.4, -0.2) is 41.8 Å². The molecule has 38 valence electrons. The summed E-state index contributed by atoms with van der Waals surface area (Å²) in [6, 6.07) is 0. The van der Waals surface area contributed by atoms with Gasteiger partial charge in [-0.3, -0.25) is 0 Å². The minimum atomic E-state index is 0.522. The molecule has 0 aromatic rings. The van der Waals surface area contributed by atoms with Gasteiger partial charge in [-0.25, -0.2) is 0 Å². The van der Waals surface area contributed by atoms with Crippen LogP contribution in [0.25, 0.3) is 0 Å². The van der Waals surface area contributed by atoms with Gasteiger partial charge in [0.2, 0.25) is 0 Å². The summed E-state index contributed by atoms with van der Waals surface area (Å²) in [7, 11) is 0. The Morgan fingerprint density at radius 3 is 2.33 bits per heavy atom. The van der Waals surface area contributed by atoms with Crippen LogP contribution in [0, 0.1) is 0 Å². The van der Waals surface area contributed by atoms with Crippen molar-refractivity contribution in [3.05, 3.63) is 0 Å². The van der Waals surface area contributed by atoms with E-state index in [0.717, 1.165) is 0 Å². The van der Waals surface area contributed by atoms with Gasteiger partial charge >= 0.3 is 60.7 Å². The van der Waals surface area contributed by atoms with E-state index in [2.05, 4.69) is 11.9 Å². The van der Waals surface area contributed by atoms with Gasteiger partial charge in [0.15, 0.2) is 0 Å². The fourth-order valence-electron chi connectivity index (χ4n) is 0.167. The Morgan fingerprint density at radius 1 is 1.50 bits per heavy atom. The Kier molecular flexibility index (Phi) is 8.31. The van der Waals surface area contributed by atoms with Crippen molar-refractivity contribution in [2.75, 3.05) is 0 Å². The molecule has 0 aliphatic heterocycles. The number of rotatable bonds is 3. The third-order valence-corrected chi connectivity index (χ3v) is 10.4. The Balaban J connectivity index is 2.34. The van der Waals surface area contributed by atoms with Gasteiger partial charge < -0.3 is 0 Å². The molecule has 0 aromatic heterocycles. The van der Waals surface area contributed by atoms with Gasteiger partial charge in [-0.15, -0.1) is 0 Å². The van der Waals surface area contributed by atoms with E-state index in [1.54, 1.807) is 2.52 Å². The summed E-state index contributed by atoms with van der Waals surface area (Å²) < 4.78 is 3.19. The monoisotopic (exact) mass is 318 g/mol. The average molecular weight is 313 g/mol. The van der Waals surface area contributed by atoms with Crippen LogP contribution >= 0.6 is 0 Å². The molecule has 0 heterocycles. The molecule has 0 saturated heterocycles.